The van der Waals surface area contributed by atoms with Crippen molar-refractivity contribution in [3.05, 3.63) is 0 Å². The summed E-state index contributed by atoms with van der Waals surface area (Å²) in [4.78, 5) is 13.1. The molecule has 0 aromatic rings. The molecule has 2 atom stereocenters. The maximum atomic E-state index is 11.6. The van der Waals surface area contributed by atoms with Crippen molar-refractivity contribution in [1.29, 1.82) is 0 Å². The van der Waals surface area contributed by atoms with Crippen LogP contribution in [0.4, 0.5) is 4.79 Å². The van der Waals surface area contributed by atoms with Gasteiger partial charge < -0.3 is 20.5 Å². The molecule has 0 aromatic carbocycles. The number of piperidine rings is 1. The maximum absolute atomic E-state index is 11.6. The van der Waals surface area contributed by atoms with Gasteiger partial charge in [0.25, 0.3) is 0 Å². The number of hydrogen-bond donors (Lipinski definition) is 2. The summed E-state index contributed by atoms with van der Waals surface area (Å²) < 4.78 is 5.20. The van der Waals surface area contributed by atoms with E-state index in [4.69, 9.17) is 10.5 Å². The van der Waals surface area contributed by atoms with Crippen LogP contribution in [0.5, 0.6) is 0 Å². The fourth-order valence-corrected chi connectivity index (χ4v) is 1.44. The summed E-state index contributed by atoms with van der Waals surface area (Å²) in [7, 11) is 0. The van der Waals surface area contributed by atoms with Gasteiger partial charge in [0, 0.05) is 12.6 Å². The van der Waals surface area contributed by atoms with E-state index in [9.17, 15) is 9.90 Å². The third-order valence-corrected chi connectivity index (χ3v) is 2.29. The molecule has 88 valence electrons. The number of aliphatic hydroxyl groups excluding tert-OH is 1. The molecule has 3 N–H and O–H groups in total. The highest BCUT2D eigenvalue weighted by molar-refractivity contribution is 5.68. The standard InChI is InChI=1S/C10H20N2O3/c1-10(2,3)15-9(14)12-5-4-7(11)8(13)6-12/h7-8,13H,4-6,11H2,1-3H3/t7?,8-/m0/s1. The molecule has 1 aliphatic heterocycles. The second-order valence-corrected chi connectivity index (χ2v) is 4.95. The first kappa shape index (κ1) is 12.3. The number of amides is 1. The van der Waals surface area contributed by atoms with E-state index in [-0.39, 0.29) is 18.7 Å². The Morgan fingerprint density at radius 2 is 2.13 bits per heavy atom. The Hall–Kier alpha value is -0.810. The van der Waals surface area contributed by atoms with Gasteiger partial charge in [0.15, 0.2) is 0 Å². The number of carbonyl (C=O) groups excluding carboxylic acids is 1. The highest BCUT2D eigenvalue weighted by Crippen LogP contribution is 2.14. The number of hydrogen-bond acceptors (Lipinski definition) is 4. The van der Waals surface area contributed by atoms with E-state index in [0.29, 0.717) is 13.0 Å². The molecule has 1 rings (SSSR count). The normalized spacial score (nSPS) is 27.7. The maximum Gasteiger partial charge on any atom is 0.410 e. The van der Waals surface area contributed by atoms with Crippen LogP contribution < -0.4 is 5.73 Å². The molecule has 0 spiro atoms. The van der Waals surface area contributed by atoms with Crippen LogP contribution in [0.25, 0.3) is 0 Å². The lowest BCUT2D eigenvalue weighted by atomic mass is 10.0. The van der Waals surface area contributed by atoms with E-state index in [1.165, 1.54) is 4.90 Å². The third kappa shape index (κ3) is 3.68. The molecule has 1 fully saturated rings. The van der Waals surface area contributed by atoms with Gasteiger partial charge in [0.1, 0.15) is 5.60 Å². The lowest BCUT2D eigenvalue weighted by Gasteiger charge is -2.35. The summed E-state index contributed by atoms with van der Waals surface area (Å²) in [5.41, 5.74) is 5.14. The Labute approximate surface area is 90.2 Å². The molecule has 1 amide bonds. The summed E-state index contributed by atoms with van der Waals surface area (Å²) in [5, 5.41) is 9.52. The molecule has 0 saturated carbocycles. The van der Waals surface area contributed by atoms with Crippen LogP contribution in [0.1, 0.15) is 27.2 Å². The van der Waals surface area contributed by atoms with Gasteiger partial charge in [-0.2, -0.15) is 0 Å². The molecule has 1 aliphatic rings. The fourth-order valence-electron chi connectivity index (χ4n) is 1.44. The molecule has 15 heavy (non-hydrogen) atoms. The van der Waals surface area contributed by atoms with Crippen molar-refractivity contribution in [3.8, 4) is 0 Å². The fraction of sp³-hybridized carbons (Fsp3) is 0.900. The second kappa shape index (κ2) is 4.37. The summed E-state index contributed by atoms with van der Waals surface area (Å²) >= 11 is 0. The molecule has 0 radical (unpaired) electrons. The number of rotatable bonds is 0. The van der Waals surface area contributed by atoms with Crippen LogP contribution in [-0.2, 0) is 4.74 Å². The Kier molecular flexibility index (Phi) is 3.57. The lowest BCUT2D eigenvalue weighted by molar-refractivity contribution is -0.000607. The molecular formula is C10H20N2O3. The summed E-state index contributed by atoms with van der Waals surface area (Å²) in [6.45, 7) is 6.26. The lowest BCUT2D eigenvalue weighted by Crippen LogP contribution is -2.53. The highest BCUT2D eigenvalue weighted by atomic mass is 16.6. The number of β-amino-alcohol motifs (C(OH)–C–C–N with tert-alkyl or cyclic N) is 1. The zero-order chi connectivity index (χ0) is 11.6. The Balaban J connectivity index is 2.48. The summed E-state index contributed by atoms with van der Waals surface area (Å²) in [5.74, 6) is 0. The molecule has 0 bridgehead atoms. The van der Waals surface area contributed by atoms with E-state index in [2.05, 4.69) is 0 Å². The van der Waals surface area contributed by atoms with Crippen molar-refractivity contribution in [1.82, 2.24) is 4.90 Å². The van der Waals surface area contributed by atoms with Gasteiger partial charge in [-0.3, -0.25) is 0 Å². The Morgan fingerprint density at radius 1 is 1.53 bits per heavy atom. The van der Waals surface area contributed by atoms with Gasteiger partial charge >= 0.3 is 6.09 Å². The number of ether oxygens (including phenoxy) is 1. The second-order valence-electron chi connectivity index (χ2n) is 4.95. The van der Waals surface area contributed by atoms with Crippen molar-refractivity contribution in [2.75, 3.05) is 13.1 Å². The minimum Gasteiger partial charge on any atom is -0.444 e. The molecule has 0 aromatic heterocycles. The van der Waals surface area contributed by atoms with Gasteiger partial charge in [-0.25, -0.2) is 4.79 Å². The predicted molar refractivity (Wildman–Crippen MR) is 56.4 cm³/mol. The van der Waals surface area contributed by atoms with Crippen molar-refractivity contribution < 1.29 is 14.6 Å². The predicted octanol–water partition coefficient (Wildman–Crippen LogP) is 0.315. The average molecular weight is 216 g/mol. The number of carbonyl (C=O) groups is 1. The molecule has 1 saturated heterocycles. The first-order valence-corrected chi connectivity index (χ1v) is 5.21. The van der Waals surface area contributed by atoms with Crippen LogP contribution in [0.3, 0.4) is 0 Å². The van der Waals surface area contributed by atoms with Gasteiger partial charge in [-0.05, 0) is 27.2 Å². The monoisotopic (exact) mass is 216 g/mol. The van der Waals surface area contributed by atoms with Crippen molar-refractivity contribution >= 4 is 6.09 Å². The number of likely N-dealkylation sites (tertiary alicyclic amines) is 1. The van der Waals surface area contributed by atoms with Crippen LogP contribution in [0.2, 0.25) is 0 Å². The van der Waals surface area contributed by atoms with Gasteiger partial charge in [0.05, 0.1) is 12.6 Å². The zero-order valence-corrected chi connectivity index (χ0v) is 9.56. The van der Waals surface area contributed by atoms with Gasteiger partial charge in [-0.1, -0.05) is 0 Å². The first-order chi connectivity index (χ1) is 6.79. The molecule has 1 heterocycles. The van der Waals surface area contributed by atoms with E-state index < -0.39 is 11.7 Å². The number of nitrogens with two attached hydrogens (primary N) is 1. The molecule has 0 aliphatic carbocycles. The van der Waals surface area contributed by atoms with Crippen LogP contribution in [0, 0.1) is 0 Å². The summed E-state index contributed by atoms with van der Waals surface area (Å²) in [6, 6.07) is -0.233. The Bertz CT molecular complexity index is 237. The topological polar surface area (TPSA) is 75.8 Å². The van der Waals surface area contributed by atoms with E-state index >= 15 is 0 Å². The van der Waals surface area contributed by atoms with E-state index in [0.717, 1.165) is 0 Å². The minimum atomic E-state index is -0.647. The number of nitrogens with zero attached hydrogens (tertiary/aromatic N) is 1. The molecule has 5 nitrogen and oxygen atoms in total. The summed E-state index contributed by atoms with van der Waals surface area (Å²) in [6.07, 6.45) is -0.417. The smallest absolute Gasteiger partial charge is 0.410 e. The number of aliphatic hydroxyl groups is 1. The van der Waals surface area contributed by atoms with Crippen LogP contribution in [0.15, 0.2) is 0 Å². The molecular weight excluding hydrogens is 196 g/mol. The highest BCUT2D eigenvalue weighted by Gasteiger charge is 2.30. The average Bonchev–Trinajstić information content (AvgIpc) is 2.06. The SMILES string of the molecule is CC(C)(C)OC(=O)N1CCC(N)[C@@H](O)C1. The van der Waals surface area contributed by atoms with Crippen molar-refractivity contribution in [2.45, 2.75) is 44.9 Å². The van der Waals surface area contributed by atoms with Crippen molar-refractivity contribution in [2.24, 2.45) is 5.73 Å². The zero-order valence-electron chi connectivity index (χ0n) is 9.56. The van der Waals surface area contributed by atoms with E-state index in [1.54, 1.807) is 0 Å². The quantitative estimate of drug-likeness (QED) is 0.611. The van der Waals surface area contributed by atoms with Gasteiger partial charge in [-0.15, -0.1) is 0 Å². The molecule has 5 heteroatoms. The first-order valence-electron chi connectivity index (χ1n) is 5.21. The minimum absolute atomic E-state index is 0.233. The van der Waals surface area contributed by atoms with Gasteiger partial charge in [0.2, 0.25) is 0 Å². The van der Waals surface area contributed by atoms with Crippen molar-refractivity contribution in [3.63, 3.8) is 0 Å². The van der Waals surface area contributed by atoms with Crippen LogP contribution >= 0.6 is 0 Å². The Morgan fingerprint density at radius 3 is 2.60 bits per heavy atom. The van der Waals surface area contributed by atoms with Crippen LogP contribution in [-0.4, -0.2) is 46.9 Å². The van der Waals surface area contributed by atoms with E-state index in [1.807, 2.05) is 20.8 Å². The molecule has 1 unspecified atom stereocenters. The largest absolute Gasteiger partial charge is 0.444 e. The third-order valence-electron chi connectivity index (χ3n) is 2.29.